The lowest BCUT2D eigenvalue weighted by molar-refractivity contribution is 0.102. The maximum absolute atomic E-state index is 15.2. The van der Waals surface area contributed by atoms with Crippen LogP contribution in [0, 0.1) is 83.1 Å². The Kier molecular flexibility index (Phi) is 15.3. The fourth-order valence-electron chi connectivity index (χ4n) is 11.3. The maximum Gasteiger partial charge on any atom is 0.194 e. The normalized spacial score (nSPS) is 11.2. The molecular weight excluding hydrogens is 969 g/mol. The lowest BCUT2D eigenvalue weighted by Gasteiger charge is -2.19. The molecule has 0 radical (unpaired) electrons. The van der Waals surface area contributed by atoms with Crippen molar-refractivity contribution in [3.05, 3.63) is 269 Å². The molecule has 0 aromatic heterocycles. The highest BCUT2D eigenvalue weighted by atomic mass is 32.2. The highest BCUT2D eigenvalue weighted by Gasteiger charge is 2.28. The van der Waals surface area contributed by atoms with Crippen LogP contribution in [-0.4, -0.2) is 23.1 Å². The van der Waals surface area contributed by atoms with Crippen LogP contribution in [0.2, 0.25) is 0 Å². The van der Waals surface area contributed by atoms with Crippen LogP contribution in [0.1, 0.15) is 130 Å². The van der Waals surface area contributed by atoms with E-state index >= 15 is 19.2 Å². The molecule has 9 aromatic rings. The van der Waals surface area contributed by atoms with Gasteiger partial charge in [0, 0.05) is 64.1 Å². The van der Waals surface area contributed by atoms with E-state index in [2.05, 4.69) is 0 Å². The van der Waals surface area contributed by atoms with Crippen molar-refractivity contribution in [2.45, 2.75) is 103 Å². The number of aryl methyl sites for hydroxylation is 12. The fraction of sp³-hybridized carbons (Fsp3) is 0.171. The van der Waals surface area contributed by atoms with Gasteiger partial charge in [0.05, 0.1) is 0 Å². The van der Waals surface area contributed by atoms with Crippen LogP contribution < -0.4 is 0 Å². The Hall–Kier alpha value is -7.64. The summed E-state index contributed by atoms with van der Waals surface area (Å²) in [6, 6.07) is 51.8. The van der Waals surface area contributed by atoms with Crippen molar-refractivity contribution in [1.82, 2.24) is 0 Å². The number of benzene rings is 9. The van der Waals surface area contributed by atoms with Crippen LogP contribution in [0.5, 0.6) is 0 Å². The Morgan fingerprint density at radius 2 is 0.513 bits per heavy atom. The van der Waals surface area contributed by atoms with Crippen molar-refractivity contribution in [3.8, 4) is 22.3 Å². The van der Waals surface area contributed by atoms with E-state index < -0.39 is 0 Å². The monoisotopic (exact) mass is 1030 g/mol. The van der Waals surface area contributed by atoms with Crippen LogP contribution in [0.25, 0.3) is 22.3 Å². The third-order valence-electron chi connectivity index (χ3n) is 14.3. The molecule has 9 aromatic carbocycles. The third-order valence-corrected chi connectivity index (χ3v) is 16.4. The first kappa shape index (κ1) is 53.2. The second kappa shape index (κ2) is 21.9. The Morgan fingerprint density at radius 3 is 0.763 bits per heavy atom. The van der Waals surface area contributed by atoms with Gasteiger partial charge >= 0.3 is 0 Å². The molecule has 0 atom stereocenters. The summed E-state index contributed by atoms with van der Waals surface area (Å²) in [4.78, 5) is 63.5. The quantitative estimate of drug-likeness (QED) is 0.101. The van der Waals surface area contributed by atoms with Crippen molar-refractivity contribution in [1.29, 1.82) is 0 Å². The van der Waals surface area contributed by atoms with E-state index in [0.717, 1.165) is 87.7 Å². The predicted molar refractivity (Wildman–Crippen MR) is 315 cm³/mol. The number of hydrogen-bond acceptors (Lipinski definition) is 6. The summed E-state index contributed by atoms with van der Waals surface area (Å²) in [6.45, 7) is 24.0. The number of ketones is 4. The number of carbonyl (C=O) groups excluding carboxylic acids is 4. The van der Waals surface area contributed by atoms with Gasteiger partial charge < -0.3 is 0 Å². The SMILES string of the molecule is Cc1cc(C)c(C(=O)c2cc(-c3ccccc3)c(C(=O)c3c(C)cc(C)cc3C)cc2Sc2ccc(Sc3cc(C(=O)c4c(C)cc(C)cc4C)c(-c4ccccc4)cc3C(=O)c3c(C)cc(C)cc3C)cc2)c(C)c1. The molecule has 4 nitrogen and oxygen atoms in total. The topological polar surface area (TPSA) is 68.3 Å². The molecule has 0 heterocycles. The van der Waals surface area contributed by atoms with E-state index in [0.29, 0.717) is 65.4 Å². The van der Waals surface area contributed by atoms with Gasteiger partial charge in [0.2, 0.25) is 0 Å². The molecule has 0 saturated heterocycles. The standard InChI is InChI=1S/C70H62O4S2/c1-39-27-43(5)63(44(6)28-39)67(71)57-37-61(59(35-55(57)51-19-15-13-16-20-51)69(73)65-47(9)31-41(3)32-48(65)10)75-53-23-25-54(26-24-53)76-62-38-58(68(72)64-45(7)29-40(2)30-46(64)8)56(52-21-17-14-18-22-52)36-60(62)70(74)66-49(11)33-42(4)34-50(66)12/h13-38H,1-12H3. The van der Waals surface area contributed by atoms with Crippen molar-refractivity contribution < 1.29 is 19.2 Å². The van der Waals surface area contributed by atoms with Gasteiger partial charge in [0.1, 0.15) is 0 Å². The molecule has 0 aliphatic carbocycles. The average molecular weight is 1030 g/mol. The molecule has 0 aliphatic rings. The molecule has 76 heavy (non-hydrogen) atoms. The minimum atomic E-state index is -0.111. The van der Waals surface area contributed by atoms with Gasteiger partial charge in [-0.05, 0) is 198 Å². The van der Waals surface area contributed by atoms with Crippen molar-refractivity contribution in [2.24, 2.45) is 0 Å². The summed E-state index contributed by atoms with van der Waals surface area (Å²) in [5, 5.41) is 0. The molecule has 0 amide bonds. The highest BCUT2D eigenvalue weighted by Crippen LogP contribution is 2.43. The van der Waals surface area contributed by atoms with E-state index in [9.17, 15) is 0 Å². The van der Waals surface area contributed by atoms with E-state index in [-0.39, 0.29) is 23.1 Å². The molecule has 378 valence electrons. The molecular formula is C70H62O4S2. The fourth-order valence-corrected chi connectivity index (χ4v) is 13.2. The minimum Gasteiger partial charge on any atom is -0.289 e. The van der Waals surface area contributed by atoms with E-state index in [4.69, 9.17) is 0 Å². The second-order valence-corrected chi connectivity index (χ2v) is 22.8. The molecule has 6 heteroatoms. The summed E-state index contributed by atoms with van der Waals surface area (Å²) >= 11 is 2.89. The van der Waals surface area contributed by atoms with Crippen molar-refractivity contribution in [2.75, 3.05) is 0 Å². The first-order valence-corrected chi connectivity index (χ1v) is 27.3. The summed E-state index contributed by atoms with van der Waals surface area (Å²) in [5.41, 5.74) is 19.2. The Balaban J connectivity index is 1.19. The third kappa shape index (κ3) is 10.8. The highest BCUT2D eigenvalue weighted by molar-refractivity contribution is 8.00. The molecule has 0 aliphatic heterocycles. The zero-order valence-electron chi connectivity index (χ0n) is 45.5. The first-order chi connectivity index (χ1) is 36.3. The molecule has 0 N–H and O–H groups in total. The smallest absolute Gasteiger partial charge is 0.194 e. The van der Waals surface area contributed by atoms with Crippen LogP contribution >= 0.6 is 23.5 Å². The van der Waals surface area contributed by atoms with Crippen LogP contribution in [0.3, 0.4) is 0 Å². The van der Waals surface area contributed by atoms with E-state index in [1.807, 2.05) is 241 Å². The molecule has 0 unspecified atom stereocenters. The molecule has 0 bridgehead atoms. The number of hydrogen-bond donors (Lipinski definition) is 0. The Labute approximate surface area is 457 Å². The van der Waals surface area contributed by atoms with E-state index in [1.165, 1.54) is 23.5 Å². The molecule has 0 fully saturated rings. The summed E-state index contributed by atoms with van der Waals surface area (Å²) in [6.07, 6.45) is 0. The summed E-state index contributed by atoms with van der Waals surface area (Å²) in [7, 11) is 0. The largest absolute Gasteiger partial charge is 0.289 e. The van der Waals surface area contributed by atoms with E-state index in [1.54, 1.807) is 0 Å². The van der Waals surface area contributed by atoms with Gasteiger partial charge in [0.15, 0.2) is 23.1 Å². The van der Waals surface area contributed by atoms with Crippen LogP contribution in [0.4, 0.5) is 0 Å². The van der Waals surface area contributed by atoms with Crippen molar-refractivity contribution in [3.63, 3.8) is 0 Å². The predicted octanol–water partition coefficient (Wildman–Crippen LogP) is 17.9. The first-order valence-electron chi connectivity index (χ1n) is 25.7. The van der Waals surface area contributed by atoms with Gasteiger partial charge in [-0.25, -0.2) is 0 Å². The maximum atomic E-state index is 15.2. The summed E-state index contributed by atoms with van der Waals surface area (Å²) < 4.78 is 0. The second-order valence-electron chi connectivity index (χ2n) is 20.6. The lowest BCUT2D eigenvalue weighted by Crippen LogP contribution is -2.13. The zero-order valence-corrected chi connectivity index (χ0v) is 47.1. The number of rotatable bonds is 14. The van der Waals surface area contributed by atoms with Gasteiger partial charge in [-0.1, -0.05) is 155 Å². The molecule has 0 saturated carbocycles. The van der Waals surface area contributed by atoms with Crippen LogP contribution in [0.15, 0.2) is 177 Å². The summed E-state index contributed by atoms with van der Waals surface area (Å²) in [5.74, 6) is -0.427. The lowest BCUT2D eigenvalue weighted by atomic mass is 9.86. The number of carbonyl (C=O) groups is 4. The van der Waals surface area contributed by atoms with Crippen LogP contribution in [-0.2, 0) is 0 Å². The Morgan fingerprint density at radius 1 is 0.276 bits per heavy atom. The molecule has 0 spiro atoms. The van der Waals surface area contributed by atoms with Gasteiger partial charge in [0.25, 0.3) is 0 Å². The minimum absolute atomic E-state index is 0.102. The average Bonchev–Trinajstić information content (AvgIpc) is 3.45. The van der Waals surface area contributed by atoms with Crippen molar-refractivity contribution >= 4 is 46.7 Å². The van der Waals surface area contributed by atoms with Gasteiger partial charge in [-0.3, -0.25) is 19.2 Å². The zero-order chi connectivity index (χ0) is 54.3. The Bertz CT molecular complexity index is 3480. The van der Waals surface area contributed by atoms with Gasteiger partial charge in [-0.2, -0.15) is 0 Å². The van der Waals surface area contributed by atoms with Gasteiger partial charge in [-0.15, -0.1) is 0 Å². The molecule has 9 rings (SSSR count).